The molecule has 1 aromatic carbocycles. The van der Waals surface area contributed by atoms with E-state index < -0.39 is 11.9 Å². The average Bonchev–Trinajstić information content (AvgIpc) is 2.19. The zero-order chi connectivity index (χ0) is 10.7. The summed E-state index contributed by atoms with van der Waals surface area (Å²) < 4.78 is 12.9. The number of benzene rings is 1. The third kappa shape index (κ3) is 2.44. The Bertz CT molecular complexity index is 319. The zero-order valence-electron chi connectivity index (χ0n) is 8.09. The molecule has 0 saturated heterocycles. The average molecular weight is 218 g/mol. The fraction of sp³-hybridized carbons (Fsp3) is 0.400. The van der Waals surface area contributed by atoms with Crippen LogP contribution in [0, 0.1) is 5.82 Å². The first kappa shape index (κ1) is 11.4. The van der Waals surface area contributed by atoms with E-state index >= 15 is 0 Å². The summed E-state index contributed by atoms with van der Waals surface area (Å²) in [6.45, 7) is 1.80. The van der Waals surface area contributed by atoms with Gasteiger partial charge in [-0.1, -0.05) is 11.6 Å². The molecule has 1 rings (SSSR count). The highest BCUT2D eigenvalue weighted by molar-refractivity contribution is 6.31. The quantitative estimate of drug-likeness (QED) is 0.813. The van der Waals surface area contributed by atoms with E-state index in [4.69, 9.17) is 11.6 Å². The standard InChI is InChI=1S/C10H13ClFNO/c1-6(13-2)10(14)8-5-7(12)3-4-9(8)11/h3-6,10,13-14H,1-2H3/t6-,10?/m0/s1. The van der Waals surface area contributed by atoms with Gasteiger partial charge < -0.3 is 10.4 Å². The van der Waals surface area contributed by atoms with Crippen LogP contribution >= 0.6 is 11.6 Å². The van der Waals surface area contributed by atoms with Gasteiger partial charge in [-0.05, 0) is 32.2 Å². The van der Waals surface area contributed by atoms with Gasteiger partial charge in [0.1, 0.15) is 5.82 Å². The van der Waals surface area contributed by atoms with Crippen LogP contribution in [0.1, 0.15) is 18.6 Å². The molecule has 0 amide bonds. The smallest absolute Gasteiger partial charge is 0.123 e. The van der Waals surface area contributed by atoms with Gasteiger partial charge >= 0.3 is 0 Å². The number of hydrogen-bond donors (Lipinski definition) is 2. The van der Waals surface area contributed by atoms with Crippen LogP contribution in [0.5, 0.6) is 0 Å². The first-order valence-corrected chi connectivity index (χ1v) is 4.74. The fourth-order valence-electron chi connectivity index (χ4n) is 1.17. The van der Waals surface area contributed by atoms with Gasteiger partial charge in [0.25, 0.3) is 0 Å². The summed E-state index contributed by atoms with van der Waals surface area (Å²) in [5.41, 5.74) is 0.411. The molecule has 0 spiro atoms. The van der Waals surface area contributed by atoms with E-state index in [0.29, 0.717) is 10.6 Å². The second-order valence-corrected chi connectivity index (χ2v) is 3.60. The number of halogens is 2. The number of nitrogens with one attached hydrogen (secondary N) is 1. The van der Waals surface area contributed by atoms with Gasteiger partial charge in [0, 0.05) is 16.6 Å². The molecular formula is C10H13ClFNO. The van der Waals surface area contributed by atoms with Crippen LogP contribution in [-0.4, -0.2) is 18.2 Å². The van der Waals surface area contributed by atoms with E-state index in [9.17, 15) is 9.50 Å². The van der Waals surface area contributed by atoms with Crippen molar-refractivity contribution >= 4 is 11.6 Å². The second kappa shape index (κ2) is 4.73. The van der Waals surface area contributed by atoms with Gasteiger partial charge in [0.15, 0.2) is 0 Å². The SMILES string of the molecule is CN[C@@H](C)C(O)c1cc(F)ccc1Cl. The summed E-state index contributed by atoms with van der Waals surface area (Å²) in [4.78, 5) is 0. The largest absolute Gasteiger partial charge is 0.387 e. The predicted molar refractivity (Wildman–Crippen MR) is 54.9 cm³/mol. The molecular weight excluding hydrogens is 205 g/mol. The van der Waals surface area contributed by atoms with Crippen molar-refractivity contribution in [3.8, 4) is 0 Å². The molecule has 1 aromatic rings. The Morgan fingerprint density at radius 3 is 2.71 bits per heavy atom. The Morgan fingerprint density at radius 1 is 1.50 bits per heavy atom. The lowest BCUT2D eigenvalue weighted by Gasteiger charge is -2.19. The Morgan fingerprint density at radius 2 is 2.14 bits per heavy atom. The molecule has 0 saturated carbocycles. The van der Waals surface area contributed by atoms with Crippen molar-refractivity contribution in [3.05, 3.63) is 34.6 Å². The minimum absolute atomic E-state index is 0.172. The van der Waals surface area contributed by atoms with Gasteiger partial charge in [-0.15, -0.1) is 0 Å². The third-order valence-electron chi connectivity index (χ3n) is 2.21. The Labute approximate surface area is 87.7 Å². The fourth-order valence-corrected chi connectivity index (χ4v) is 1.40. The maximum atomic E-state index is 12.9. The molecule has 0 radical (unpaired) electrons. The maximum absolute atomic E-state index is 12.9. The topological polar surface area (TPSA) is 32.3 Å². The van der Waals surface area contributed by atoms with Crippen molar-refractivity contribution in [2.75, 3.05) is 7.05 Å². The van der Waals surface area contributed by atoms with E-state index in [1.165, 1.54) is 18.2 Å². The minimum Gasteiger partial charge on any atom is -0.387 e. The highest BCUT2D eigenvalue weighted by Gasteiger charge is 2.17. The molecule has 14 heavy (non-hydrogen) atoms. The van der Waals surface area contributed by atoms with Gasteiger partial charge in [0.05, 0.1) is 6.10 Å². The van der Waals surface area contributed by atoms with E-state index in [1.807, 2.05) is 0 Å². The molecule has 0 aliphatic rings. The van der Waals surface area contributed by atoms with Crippen LogP contribution < -0.4 is 5.32 Å². The van der Waals surface area contributed by atoms with Gasteiger partial charge in [-0.3, -0.25) is 0 Å². The van der Waals surface area contributed by atoms with Crippen molar-refractivity contribution in [1.29, 1.82) is 0 Å². The van der Waals surface area contributed by atoms with Crippen LogP contribution in [0.15, 0.2) is 18.2 Å². The number of likely N-dealkylation sites (N-methyl/N-ethyl adjacent to an activating group) is 1. The molecule has 78 valence electrons. The van der Waals surface area contributed by atoms with Crippen LogP contribution in [0.4, 0.5) is 4.39 Å². The summed E-state index contributed by atoms with van der Waals surface area (Å²) >= 11 is 5.84. The van der Waals surface area contributed by atoms with Crippen molar-refractivity contribution in [2.45, 2.75) is 19.1 Å². The van der Waals surface area contributed by atoms with Crippen molar-refractivity contribution in [2.24, 2.45) is 0 Å². The summed E-state index contributed by atoms with van der Waals surface area (Å²) in [6, 6.07) is 3.79. The molecule has 0 bridgehead atoms. The molecule has 0 fully saturated rings. The first-order valence-electron chi connectivity index (χ1n) is 4.36. The molecule has 4 heteroatoms. The lowest BCUT2D eigenvalue weighted by Crippen LogP contribution is -2.28. The first-order chi connectivity index (χ1) is 6.56. The monoisotopic (exact) mass is 217 g/mol. The summed E-state index contributed by atoms with van der Waals surface area (Å²) in [5, 5.41) is 13.0. The van der Waals surface area contributed by atoms with Crippen LogP contribution in [0.25, 0.3) is 0 Å². The van der Waals surface area contributed by atoms with Crippen molar-refractivity contribution in [3.63, 3.8) is 0 Å². The van der Waals surface area contributed by atoms with Crippen molar-refractivity contribution < 1.29 is 9.50 Å². The van der Waals surface area contributed by atoms with Crippen LogP contribution in [-0.2, 0) is 0 Å². The van der Waals surface area contributed by atoms with Crippen LogP contribution in [0.2, 0.25) is 5.02 Å². The van der Waals surface area contributed by atoms with E-state index in [1.54, 1.807) is 14.0 Å². The number of rotatable bonds is 3. The molecule has 0 aliphatic carbocycles. The maximum Gasteiger partial charge on any atom is 0.123 e. The highest BCUT2D eigenvalue weighted by atomic mass is 35.5. The van der Waals surface area contributed by atoms with Gasteiger partial charge in [-0.2, -0.15) is 0 Å². The van der Waals surface area contributed by atoms with Gasteiger partial charge in [0.2, 0.25) is 0 Å². The molecule has 2 nitrogen and oxygen atoms in total. The molecule has 0 aliphatic heterocycles. The number of aliphatic hydroxyl groups is 1. The number of aliphatic hydroxyl groups excluding tert-OH is 1. The minimum atomic E-state index is -0.803. The summed E-state index contributed by atoms with van der Waals surface area (Å²) in [6.07, 6.45) is -0.803. The van der Waals surface area contributed by atoms with Crippen molar-refractivity contribution in [1.82, 2.24) is 5.32 Å². The molecule has 2 N–H and O–H groups in total. The second-order valence-electron chi connectivity index (χ2n) is 3.19. The Hall–Kier alpha value is -0.640. The highest BCUT2D eigenvalue weighted by Crippen LogP contribution is 2.25. The predicted octanol–water partition coefficient (Wildman–Crippen LogP) is 2.12. The van der Waals surface area contributed by atoms with Gasteiger partial charge in [-0.25, -0.2) is 4.39 Å². The molecule has 1 unspecified atom stereocenters. The van der Waals surface area contributed by atoms with E-state index in [0.717, 1.165) is 0 Å². The lowest BCUT2D eigenvalue weighted by molar-refractivity contribution is 0.140. The third-order valence-corrected chi connectivity index (χ3v) is 2.55. The van der Waals surface area contributed by atoms with E-state index in [2.05, 4.69) is 5.32 Å². The summed E-state index contributed by atoms with van der Waals surface area (Å²) in [5.74, 6) is -0.397. The normalized spacial score (nSPS) is 15.2. The summed E-state index contributed by atoms with van der Waals surface area (Å²) in [7, 11) is 1.72. The Kier molecular flexibility index (Phi) is 3.86. The van der Waals surface area contributed by atoms with Crippen LogP contribution in [0.3, 0.4) is 0 Å². The lowest BCUT2D eigenvalue weighted by atomic mass is 10.0. The zero-order valence-corrected chi connectivity index (χ0v) is 8.85. The van der Waals surface area contributed by atoms with E-state index in [-0.39, 0.29) is 6.04 Å². The molecule has 0 heterocycles. The molecule has 2 atom stereocenters. The number of hydrogen-bond acceptors (Lipinski definition) is 2. The molecule has 0 aromatic heterocycles. The Balaban J connectivity index is 2.99.